The number of imidazole rings is 2. The molecule has 2 heterocycles. The van der Waals surface area contributed by atoms with Gasteiger partial charge in [0.1, 0.15) is 24.8 Å². The molecule has 2 aromatic heterocycles. The Kier molecular flexibility index (Phi) is 20.1. The van der Waals surface area contributed by atoms with Gasteiger partial charge in [0.05, 0.1) is 58.9 Å². The van der Waals surface area contributed by atoms with Gasteiger partial charge in [-0.05, 0) is 25.7 Å². The fourth-order valence-electron chi connectivity index (χ4n) is 3.62. The average Bonchev–Trinajstić information content (AvgIpc) is 3.44. The molecule has 12 heteroatoms. The lowest BCUT2D eigenvalue weighted by Gasteiger charge is -2.08. The van der Waals surface area contributed by atoms with Crippen molar-refractivity contribution >= 4 is 20.2 Å². The summed E-state index contributed by atoms with van der Waals surface area (Å²) in [4.78, 5) is 0. The van der Waals surface area contributed by atoms with Gasteiger partial charge in [0.15, 0.2) is 0 Å². The van der Waals surface area contributed by atoms with E-state index in [1.165, 1.54) is 90.1 Å². The van der Waals surface area contributed by atoms with E-state index in [1.807, 2.05) is 0 Å². The summed E-state index contributed by atoms with van der Waals surface area (Å²) in [6, 6.07) is 0. The van der Waals surface area contributed by atoms with E-state index in [4.69, 9.17) is 0 Å². The summed E-state index contributed by atoms with van der Waals surface area (Å²) in [5.41, 5.74) is 0. The second-order valence-electron chi connectivity index (χ2n) is 9.69. The van der Waals surface area contributed by atoms with Gasteiger partial charge in [-0.1, -0.05) is 65.2 Å². The van der Waals surface area contributed by atoms with Crippen molar-refractivity contribution in [2.45, 2.75) is 104 Å². The molecule has 0 aromatic carbocycles. The average molecular weight is 579 g/mol. The number of unbranched alkanes of at least 4 members (excludes halogenated alkanes) is 10. The number of aromatic nitrogens is 4. The number of hydrogen-bond acceptors (Lipinski definition) is 6. The minimum Gasteiger partial charge on any atom is -0.748 e. The zero-order chi connectivity index (χ0) is 28.9. The van der Waals surface area contributed by atoms with E-state index >= 15 is 0 Å². The Bertz CT molecular complexity index is 965. The predicted octanol–water partition coefficient (Wildman–Crippen LogP) is 3.42. The monoisotopic (exact) mass is 578 g/mol. The van der Waals surface area contributed by atoms with Gasteiger partial charge in [0.2, 0.25) is 12.7 Å². The van der Waals surface area contributed by atoms with Crippen molar-refractivity contribution in [3.05, 3.63) is 37.4 Å². The van der Waals surface area contributed by atoms with Crippen LogP contribution in [0, 0.1) is 0 Å². The largest absolute Gasteiger partial charge is 0.748 e. The molecule has 222 valence electrons. The van der Waals surface area contributed by atoms with Gasteiger partial charge >= 0.3 is 0 Å². The first-order valence-corrected chi connectivity index (χ1v) is 16.9. The Morgan fingerprint density at radius 1 is 0.579 bits per heavy atom. The van der Waals surface area contributed by atoms with Crippen molar-refractivity contribution < 1.29 is 35.1 Å². The molecule has 0 amide bonds. The van der Waals surface area contributed by atoms with Crippen molar-refractivity contribution in [2.24, 2.45) is 14.1 Å². The van der Waals surface area contributed by atoms with E-state index in [2.05, 4.69) is 83.7 Å². The molecular weight excluding hydrogens is 528 g/mol. The lowest BCUT2D eigenvalue weighted by Crippen LogP contribution is -2.23. The summed E-state index contributed by atoms with van der Waals surface area (Å²) in [7, 11) is -5.04. The van der Waals surface area contributed by atoms with Crippen molar-refractivity contribution in [2.75, 3.05) is 11.5 Å². The molecule has 0 atom stereocenters. The molecule has 0 aliphatic heterocycles. The third kappa shape index (κ3) is 24.6. The Labute approximate surface area is 231 Å². The molecule has 0 unspecified atom stereocenters. The van der Waals surface area contributed by atoms with Gasteiger partial charge in [-0.25, -0.2) is 35.1 Å². The highest BCUT2D eigenvalue weighted by molar-refractivity contribution is 7.89. The van der Waals surface area contributed by atoms with Crippen LogP contribution in [0.15, 0.2) is 37.4 Å². The van der Waals surface area contributed by atoms with Crippen LogP contribution in [0.1, 0.15) is 90.9 Å². The third-order valence-electron chi connectivity index (χ3n) is 5.77. The molecule has 2 aromatic rings. The highest BCUT2D eigenvalue weighted by Gasteiger charge is 2.00. The van der Waals surface area contributed by atoms with E-state index in [9.17, 15) is 25.9 Å². The van der Waals surface area contributed by atoms with E-state index in [-0.39, 0.29) is 0 Å². The summed E-state index contributed by atoms with van der Waals surface area (Å²) < 4.78 is 67.0. The second-order valence-corrected chi connectivity index (χ2v) is 12.7. The number of hydrogen-bond donors (Lipinski definition) is 0. The van der Waals surface area contributed by atoms with Crippen molar-refractivity contribution in [3.63, 3.8) is 0 Å². The molecule has 0 spiro atoms. The van der Waals surface area contributed by atoms with E-state index < -0.39 is 31.7 Å². The quantitative estimate of drug-likeness (QED) is 0.161. The standard InChI is InChI=1S/2C12H23N2.C2H6O6S2/c2*1-3-4-5-6-7-8-9-14-11-10-13(2)12-14;3-9(4,5)1-2-10(6,7)8/h2*10-12H,3-9H2,1-2H3;1-2H2,(H,3,4,5)(H,6,7,8)/q2*+1;/p-2. The fraction of sp³-hybridized carbons (Fsp3) is 0.769. The first-order chi connectivity index (χ1) is 17.9. The summed E-state index contributed by atoms with van der Waals surface area (Å²) in [6.45, 7) is 6.87. The smallest absolute Gasteiger partial charge is 0.243 e. The van der Waals surface area contributed by atoms with Gasteiger partial charge in [0, 0.05) is 0 Å². The molecule has 0 fully saturated rings. The Morgan fingerprint density at radius 3 is 1.16 bits per heavy atom. The van der Waals surface area contributed by atoms with E-state index in [0.29, 0.717) is 0 Å². The summed E-state index contributed by atoms with van der Waals surface area (Å²) >= 11 is 0. The maximum Gasteiger partial charge on any atom is 0.243 e. The predicted molar refractivity (Wildman–Crippen MR) is 147 cm³/mol. The van der Waals surface area contributed by atoms with Gasteiger partial charge in [0.25, 0.3) is 0 Å². The molecule has 0 saturated carbocycles. The minimum atomic E-state index is -4.59. The van der Waals surface area contributed by atoms with Crippen LogP contribution in [0.2, 0.25) is 0 Å². The van der Waals surface area contributed by atoms with Gasteiger partial charge < -0.3 is 9.11 Å². The van der Waals surface area contributed by atoms with E-state index in [1.54, 1.807) is 0 Å². The van der Waals surface area contributed by atoms with Gasteiger partial charge in [-0.2, -0.15) is 0 Å². The SMILES string of the molecule is CCCCCCCCn1cc[n+](C)c1.CCCCCCCCn1cc[n+](C)c1.O=S(=O)([O-])CCS(=O)(=O)[O-]. The number of nitrogens with zero attached hydrogens (tertiary/aromatic N) is 4. The minimum absolute atomic E-state index is 1.15. The summed E-state index contributed by atoms with van der Waals surface area (Å²) in [5, 5.41) is 0. The molecule has 38 heavy (non-hydrogen) atoms. The molecular formula is C26H50N4O6S2. The first kappa shape index (κ1) is 36.2. The Morgan fingerprint density at radius 2 is 0.895 bits per heavy atom. The van der Waals surface area contributed by atoms with Gasteiger partial charge in [-0.3, -0.25) is 0 Å². The van der Waals surface area contributed by atoms with Crippen LogP contribution in [-0.4, -0.2) is 46.6 Å². The molecule has 0 saturated heterocycles. The normalized spacial score (nSPS) is 11.4. The zero-order valence-corrected chi connectivity index (χ0v) is 25.5. The highest BCUT2D eigenvalue weighted by Crippen LogP contribution is 2.06. The Hall–Kier alpha value is -1.76. The van der Waals surface area contributed by atoms with Crippen molar-refractivity contribution in [1.82, 2.24) is 9.13 Å². The van der Waals surface area contributed by atoms with Crippen LogP contribution in [-0.2, 0) is 47.4 Å². The van der Waals surface area contributed by atoms with E-state index in [0.717, 1.165) is 0 Å². The first-order valence-electron chi connectivity index (χ1n) is 13.8. The lowest BCUT2D eigenvalue weighted by molar-refractivity contribution is -0.671. The zero-order valence-electron chi connectivity index (χ0n) is 23.8. The topological polar surface area (TPSA) is 132 Å². The molecule has 10 nitrogen and oxygen atoms in total. The van der Waals surface area contributed by atoms with Crippen LogP contribution in [0.5, 0.6) is 0 Å². The van der Waals surface area contributed by atoms with Crippen LogP contribution >= 0.6 is 0 Å². The molecule has 2 rings (SSSR count). The third-order valence-corrected chi connectivity index (χ3v) is 7.44. The van der Waals surface area contributed by atoms with Gasteiger partial charge in [-0.15, -0.1) is 0 Å². The maximum absolute atomic E-state index is 9.72. The molecule has 0 radical (unpaired) electrons. The lowest BCUT2D eigenvalue weighted by atomic mass is 10.1. The molecule has 0 bridgehead atoms. The van der Waals surface area contributed by atoms with Crippen LogP contribution < -0.4 is 9.13 Å². The van der Waals surface area contributed by atoms with Crippen molar-refractivity contribution in [3.8, 4) is 0 Å². The summed E-state index contributed by atoms with van der Waals surface area (Å²) in [5.74, 6) is -2.31. The second kappa shape index (κ2) is 21.1. The molecule has 0 aliphatic carbocycles. The summed E-state index contributed by atoms with van der Waals surface area (Å²) in [6.07, 6.45) is 29.3. The van der Waals surface area contributed by atoms with Crippen LogP contribution in [0.25, 0.3) is 0 Å². The maximum atomic E-state index is 9.72. The number of aryl methyl sites for hydroxylation is 4. The van der Waals surface area contributed by atoms with Crippen molar-refractivity contribution in [1.29, 1.82) is 0 Å². The molecule has 0 aliphatic rings. The highest BCUT2D eigenvalue weighted by atomic mass is 32.2. The Balaban J connectivity index is 0.000000551. The molecule has 0 N–H and O–H groups in total. The number of rotatable bonds is 17. The van der Waals surface area contributed by atoms with Crippen LogP contribution in [0.3, 0.4) is 0 Å². The van der Waals surface area contributed by atoms with Crippen LogP contribution in [0.4, 0.5) is 0 Å². The fourth-order valence-corrected chi connectivity index (χ4v) is 5.25.